The molecule has 3 rings (SSSR count). The fourth-order valence-corrected chi connectivity index (χ4v) is 6.47. The highest BCUT2D eigenvalue weighted by Crippen LogP contribution is 2.35. The van der Waals surface area contributed by atoms with Gasteiger partial charge in [0.2, 0.25) is 0 Å². The van der Waals surface area contributed by atoms with Gasteiger partial charge in [-0.1, -0.05) is 152 Å². The number of unbranched alkanes of at least 4 members (excludes halogenated alkanes) is 14. The van der Waals surface area contributed by atoms with Crippen LogP contribution in [0.4, 0.5) is 0 Å². The lowest BCUT2D eigenvalue weighted by Crippen LogP contribution is -2.64. The van der Waals surface area contributed by atoms with Gasteiger partial charge in [-0.15, -0.1) is 0 Å². The molecule has 0 bridgehead atoms. The minimum Gasteiger partial charge on any atom is -0.465 e. The van der Waals surface area contributed by atoms with Crippen LogP contribution in [-0.4, -0.2) is 49.4 Å². The molecule has 2 aromatic rings. The summed E-state index contributed by atoms with van der Waals surface area (Å²) < 4.78 is 10.3. The number of likely N-dealkylation sites (tertiary alicyclic amines) is 1. The molecule has 0 unspecified atom stereocenters. The number of nitrogens with zero attached hydrogens (tertiary/aromatic N) is 1. The van der Waals surface area contributed by atoms with Crippen molar-refractivity contribution in [3.63, 3.8) is 0 Å². The van der Waals surface area contributed by atoms with E-state index >= 15 is 0 Å². The summed E-state index contributed by atoms with van der Waals surface area (Å²) in [5, 5.41) is 0. The molecule has 0 spiro atoms. The standard InChI is InChI=1S/C26H41NO4.C17H26O/c1-4-7-8-9-10-11-12-13-14-22-15-17-23(18-16-22)19-27-20-26(21-27,24(28)30-5-2)25(29)31-6-3;1-2-3-4-5-6-7-8-9-10-16-11-13-17(15-18)14-12-16/h15-18H,4-14,19-21H2,1-3H3;11-15H,2-10H2,1H3. The molecule has 1 fully saturated rings. The van der Waals surface area contributed by atoms with Crippen LogP contribution < -0.4 is 0 Å². The smallest absolute Gasteiger partial charge is 0.326 e. The monoisotopic (exact) mass is 678 g/mol. The first-order valence-electron chi connectivity index (χ1n) is 19.6. The molecule has 0 atom stereocenters. The Morgan fingerprint density at radius 1 is 0.571 bits per heavy atom. The highest BCUT2D eigenvalue weighted by Gasteiger charge is 2.57. The summed E-state index contributed by atoms with van der Waals surface area (Å²) in [5.41, 5.74) is 3.54. The molecule has 1 aliphatic heterocycles. The van der Waals surface area contributed by atoms with Gasteiger partial charge in [-0.2, -0.15) is 0 Å². The van der Waals surface area contributed by atoms with Crippen LogP contribution in [0.1, 0.15) is 157 Å². The van der Waals surface area contributed by atoms with E-state index in [1.54, 1.807) is 13.8 Å². The van der Waals surface area contributed by atoms with Crippen molar-refractivity contribution >= 4 is 18.2 Å². The second kappa shape index (κ2) is 25.9. The molecule has 2 aromatic carbocycles. The molecule has 0 aromatic heterocycles. The molecule has 1 saturated heterocycles. The number of ether oxygens (including phenoxy) is 2. The number of hydrogen-bond acceptors (Lipinski definition) is 6. The van der Waals surface area contributed by atoms with Gasteiger partial charge in [-0.25, -0.2) is 0 Å². The second-order valence-corrected chi connectivity index (χ2v) is 13.8. The Bertz CT molecular complexity index is 1130. The van der Waals surface area contributed by atoms with Crippen LogP contribution in [0, 0.1) is 5.41 Å². The van der Waals surface area contributed by atoms with Gasteiger partial charge in [-0.3, -0.25) is 19.3 Å². The lowest BCUT2D eigenvalue weighted by Gasteiger charge is -2.45. The van der Waals surface area contributed by atoms with Gasteiger partial charge in [-0.05, 0) is 56.2 Å². The Labute approximate surface area is 298 Å². The summed E-state index contributed by atoms with van der Waals surface area (Å²) >= 11 is 0. The Hall–Kier alpha value is -2.99. The first-order valence-corrected chi connectivity index (χ1v) is 19.6. The van der Waals surface area contributed by atoms with Crippen LogP contribution >= 0.6 is 0 Å². The summed E-state index contributed by atoms with van der Waals surface area (Å²) in [6, 6.07) is 16.7. The molecule has 0 radical (unpaired) electrons. The van der Waals surface area contributed by atoms with Crippen LogP contribution in [0.2, 0.25) is 0 Å². The van der Waals surface area contributed by atoms with Gasteiger partial charge in [0.25, 0.3) is 0 Å². The number of hydrogen-bond donors (Lipinski definition) is 0. The number of carbonyl (C=O) groups is 3. The topological polar surface area (TPSA) is 72.9 Å². The number of aryl methyl sites for hydroxylation is 2. The summed E-state index contributed by atoms with van der Waals surface area (Å²) in [5.74, 6) is -0.934. The van der Waals surface area contributed by atoms with E-state index in [2.05, 4.69) is 55.1 Å². The third kappa shape index (κ3) is 16.5. The van der Waals surface area contributed by atoms with E-state index in [1.165, 1.54) is 119 Å². The minimum absolute atomic E-state index is 0.264. The van der Waals surface area contributed by atoms with E-state index < -0.39 is 17.4 Å². The highest BCUT2D eigenvalue weighted by atomic mass is 16.6. The maximum absolute atomic E-state index is 12.4. The van der Waals surface area contributed by atoms with Crippen molar-refractivity contribution in [2.75, 3.05) is 26.3 Å². The zero-order chi connectivity index (χ0) is 35.6. The van der Waals surface area contributed by atoms with E-state index in [0.717, 1.165) is 31.2 Å². The van der Waals surface area contributed by atoms with Gasteiger partial charge in [0, 0.05) is 25.2 Å². The molecule has 274 valence electrons. The van der Waals surface area contributed by atoms with Gasteiger partial charge < -0.3 is 9.47 Å². The fraction of sp³-hybridized carbons (Fsp3) is 0.651. The molecule has 1 aliphatic rings. The number of esters is 2. The van der Waals surface area contributed by atoms with Crippen LogP contribution in [0.5, 0.6) is 0 Å². The van der Waals surface area contributed by atoms with Crippen molar-refractivity contribution in [2.45, 2.75) is 150 Å². The van der Waals surface area contributed by atoms with Crippen molar-refractivity contribution in [2.24, 2.45) is 5.41 Å². The average molecular weight is 678 g/mol. The zero-order valence-corrected chi connectivity index (χ0v) is 31.4. The van der Waals surface area contributed by atoms with Crippen molar-refractivity contribution < 1.29 is 23.9 Å². The van der Waals surface area contributed by atoms with E-state index in [1.807, 2.05) is 12.1 Å². The van der Waals surface area contributed by atoms with E-state index in [0.29, 0.717) is 13.1 Å². The Balaban J connectivity index is 0.000000393. The molecule has 6 heteroatoms. The third-order valence-electron chi connectivity index (χ3n) is 9.50. The van der Waals surface area contributed by atoms with Crippen LogP contribution in [0.25, 0.3) is 0 Å². The minimum atomic E-state index is -1.16. The normalized spacial score (nSPS) is 13.6. The maximum atomic E-state index is 12.4. The van der Waals surface area contributed by atoms with Gasteiger partial charge >= 0.3 is 11.9 Å². The quantitative estimate of drug-likeness (QED) is 0.0451. The van der Waals surface area contributed by atoms with E-state index in [4.69, 9.17) is 9.47 Å². The molecule has 0 saturated carbocycles. The lowest BCUT2D eigenvalue weighted by molar-refractivity contribution is -0.186. The molecule has 49 heavy (non-hydrogen) atoms. The molecule has 0 amide bonds. The van der Waals surface area contributed by atoms with Crippen molar-refractivity contribution in [1.29, 1.82) is 0 Å². The van der Waals surface area contributed by atoms with E-state index in [-0.39, 0.29) is 13.2 Å². The third-order valence-corrected chi connectivity index (χ3v) is 9.50. The molecular weight excluding hydrogens is 610 g/mol. The van der Waals surface area contributed by atoms with Crippen LogP contribution in [0.3, 0.4) is 0 Å². The van der Waals surface area contributed by atoms with Gasteiger partial charge in [0.1, 0.15) is 6.29 Å². The highest BCUT2D eigenvalue weighted by molar-refractivity contribution is 6.01. The Morgan fingerprint density at radius 2 is 0.939 bits per heavy atom. The summed E-state index contributed by atoms with van der Waals surface area (Å²) in [4.78, 5) is 37.4. The van der Waals surface area contributed by atoms with Crippen molar-refractivity contribution in [3.8, 4) is 0 Å². The first kappa shape index (κ1) is 42.2. The van der Waals surface area contributed by atoms with Crippen LogP contribution in [0.15, 0.2) is 48.5 Å². The van der Waals surface area contributed by atoms with Crippen LogP contribution in [-0.2, 0) is 38.4 Å². The number of benzene rings is 2. The number of rotatable bonds is 25. The van der Waals surface area contributed by atoms with Gasteiger partial charge in [0.15, 0.2) is 5.41 Å². The summed E-state index contributed by atoms with van der Waals surface area (Å²) in [7, 11) is 0. The summed E-state index contributed by atoms with van der Waals surface area (Å²) in [6.45, 7) is 9.98. The zero-order valence-electron chi connectivity index (χ0n) is 31.4. The predicted octanol–water partition coefficient (Wildman–Crippen LogP) is 10.5. The number of aldehydes is 1. The number of carbonyl (C=O) groups excluding carboxylic acids is 3. The Morgan fingerprint density at radius 3 is 1.33 bits per heavy atom. The predicted molar refractivity (Wildman–Crippen MR) is 202 cm³/mol. The molecule has 6 nitrogen and oxygen atoms in total. The fourth-order valence-electron chi connectivity index (χ4n) is 6.47. The van der Waals surface area contributed by atoms with E-state index in [9.17, 15) is 14.4 Å². The average Bonchev–Trinajstić information content (AvgIpc) is 3.10. The molecule has 1 heterocycles. The molecule has 0 N–H and O–H groups in total. The first-order chi connectivity index (χ1) is 23.9. The lowest BCUT2D eigenvalue weighted by atomic mass is 9.79. The largest absolute Gasteiger partial charge is 0.465 e. The maximum Gasteiger partial charge on any atom is 0.326 e. The Kier molecular flexibility index (Phi) is 22.3. The molecular formula is C43H67NO5. The van der Waals surface area contributed by atoms with Crippen molar-refractivity contribution in [3.05, 3.63) is 70.8 Å². The second-order valence-electron chi connectivity index (χ2n) is 13.8. The van der Waals surface area contributed by atoms with Gasteiger partial charge in [0.05, 0.1) is 13.2 Å². The molecule has 0 aliphatic carbocycles. The van der Waals surface area contributed by atoms with Crippen molar-refractivity contribution in [1.82, 2.24) is 4.90 Å². The SMILES string of the molecule is CCCCCCCCCCc1ccc(C=O)cc1.CCCCCCCCCCc1ccc(CN2CC(C(=O)OCC)(C(=O)OCC)C2)cc1. The summed E-state index contributed by atoms with van der Waals surface area (Å²) in [6.07, 6.45) is 24.8.